The summed E-state index contributed by atoms with van der Waals surface area (Å²) in [6.07, 6.45) is 2.75. The highest BCUT2D eigenvalue weighted by molar-refractivity contribution is 5.94. The lowest BCUT2D eigenvalue weighted by molar-refractivity contribution is -0.385. The third kappa shape index (κ3) is 4.64. The van der Waals surface area contributed by atoms with Crippen molar-refractivity contribution in [3.8, 4) is 0 Å². The number of hydrogen-bond acceptors (Lipinski definition) is 4. The van der Waals surface area contributed by atoms with Crippen LogP contribution in [0.1, 0.15) is 56.5 Å². The Labute approximate surface area is 119 Å². The molecule has 0 aliphatic rings. The molecule has 0 spiro atoms. The number of ether oxygens (including phenoxy) is 1. The molecule has 0 amide bonds. The maximum atomic E-state index is 12.0. The van der Waals surface area contributed by atoms with Crippen LogP contribution in [-0.2, 0) is 11.2 Å². The summed E-state index contributed by atoms with van der Waals surface area (Å²) < 4.78 is 5.19. The SMILES string of the molecule is CCCCc1ccc(C(=O)OC(C)(C)C)c([N+](=O)[O-])c1. The van der Waals surface area contributed by atoms with Gasteiger partial charge in [0.2, 0.25) is 0 Å². The molecule has 0 saturated heterocycles. The van der Waals surface area contributed by atoms with Crippen molar-refractivity contribution < 1.29 is 14.5 Å². The van der Waals surface area contributed by atoms with E-state index >= 15 is 0 Å². The monoisotopic (exact) mass is 279 g/mol. The quantitative estimate of drug-likeness (QED) is 0.465. The first kappa shape index (κ1) is 16.1. The third-order valence-corrected chi connectivity index (χ3v) is 2.70. The van der Waals surface area contributed by atoms with Gasteiger partial charge in [0.1, 0.15) is 11.2 Å². The largest absolute Gasteiger partial charge is 0.456 e. The van der Waals surface area contributed by atoms with Gasteiger partial charge in [-0.25, -0.2) is 4.79 Å². The van der Waals surface area contributed by atoms with Crippen LogP contribution in [-0.4, -0.2) is 16.5 Å². The Bertz CT molecular complexity index is 503. The Kier molecular flexibility index (Phi) is 5.25. The molecule has 5 heteroatoms. The first-order valence-electron chi connectivity index (χ1n) is 6.75. The van der Waals surface area contributed by atoms with Gasteiger partial charge in [0.15, 0.2) is 0 Å². The summed E-state index contributed by atoms with van der Waals surface area (Å²) in [7, 11) is 0. The van der Waals surface area contributed by atoms with Gasteiger partial charge in [0.25, 0.3) is 5.69 Å². The van der Waals surface area contributed by atoms with E-state index in [-0.39, 0.29) is 11.3 Å². The lowest BCUT2D eigenvalue weighted by Gasteiger charge is -2.19. The molecule has 0 fully saturated rings. The Morgan fingerprint density at radius 1 is 1.35 bits per heavy atom. The van der Waals surface area contributed by atoms with Crippen molar-refractivity contribution >= 4 is 11.7 Å². The fourth-order valence-corrected chi connectivity index (χ4v) is 1.77. The predicted octanol–water partition coefficient (Wildman–Crippen LogP) is 3.89. The van der Waals surface area contributed by atoms with Gasteiger partial charge in [-0.15, -0.1) is 0 Å². The van der Waals surface area contributed by atoms with Gasteiger partial charge in [0, 0.05) is 6.07 Å². The van der Waals surface area contributed by atoms with E-state index in [0.29, 0.717) is 0 Å². The van der Waals surface area contributed by atoms with E-state index in [1.165, 1.54) is 12.1 Å². The van der Waals surface area contributed by atoms with Crippen molar-refractivity contribution in [2.75, 3.05) is 0 Å². The number of rotatable bonds is 5. The van der Waals surface area contributed by atoms with Crippen molar-refractivity contribution in [1.82, 2.24) is 0 Å². The van der Waals surface area contributed by atoms with E-state index in [9.17, 15) is 14.9 Å². The van der Waals surface area contributed by atoms with Gasteiger partial charge in [0.05, 0.1) is 4.92 Å². The average Bonchev–Trinajstić information content (AvgIpc) is 2.33. The highest BCUT2D eigenvalue weighted by atomic mass is 16.6. The van der Waals surface area contributed by atoms with Crippen molar-refractivity contribution in [3.63, 3.8) is 0 Å². The van der Waals surface area contributed by atoms with Crippen LogP contribution in [0.2, 0.25) is 0 Å². The van der Waals surface area contributed by atoms with E-state index in [1.807, 2.05) is 0 Å². The molecule has 110 valence electrons. The highest BCUT2D eigenvalue weighted by Gasteiger charge is 2.25. The summed E-state index contributed by atoms with van der Waals surface area (Å²) in [6, 6.07) is 4.70. The molecule has 0 N–H and O–H groups in total. The van der Waals surface area contributed by atoms with Crippen LogP contribution in [0.3, 0.4) is 0 Å². The molecule has 0 heterocycles. The van der Waals surface area contributed by atoms with E-state index in [4.69, 9.17) is 4.74 Å². The molecule has 0 bridgehead atoms. The van der Waals surface area contributed by atoms with Crippen LogP contribution in [0.5, 0.6) is 0 Å². The zero-order valence-electron chi connectivity index (χ0n) is 12.4. The third-order valence-electron chi connectivity index (χ3n) is 2.70. The molecule has 0 aliphatic heterocycles. The fraction of sp³-hybridized carbons (Fsp3) is 0.533. The lowest BCUT2D eigenvalue weighted by atomic mass is 10.0. The zero-order valence-corrected chi connectivity index (χ0v) is 12.4. The van der Waals surface area contributed by atoms with Crippen molar-refractivity contribution in [2.24, 2.45) is 0 Å². The Hall–Kier alpha value is -1.91. The summed E-state index contributed by atoms with van der Waals surface area (Å²) in [5.74, 6) is -0.661. The molecule has 5 nitrogen and oxygen atoms in total. The topological polar surface area (TPSA) is 69.4 Å². The van der Waals surface area contributed by atoms with Crippen LogP contribution in [0, 0.1) is 10.1 Å². The van der Waals surface area contributed by atoms with Crippen LogP contribution in [0.15, 0.2) is 18.2 Å². The first-order chi connectivity index (χ1) is 9.24. The van der Waals surface area contributed by atoms with E-state index < -0.39 is 16.5 Å². The maximum Gasteiger partial charge on any atom is 0.345 e. The summed E-state index contributed by atoms with van der Waals surface area (Å²) in [5, 5.41) is 11.1. The normalized spacial score (nSPS) is 11.2. The van der Waals surface area contributed by atoms with Gasteiger partial charge in [-0.1, -0.05) is 19.4 Å². The Morgan fingerprint density at radius 3 is 2.50 bits per heavy atom. The number of carbonyl (C=O) groups excluding carboxylic acids is 1. The molecule has 0 unspecified atom stereocenters. The van der Waals surface area contributed by atoms with Gasteiger partial charge >= 0.3 is 5.97 Å². The number of nitro benzene ring substituents is 1. The summed E-state index contributed by atoms with van der Waals surface area (Å²) in [5.41, 5.74) is 0.00939. The lowest BCUT2D eigenvalue weighted by Crippen LogP contribution is -2.24. The molecular weight excluding hydrogens is 258 g/mol. The van der Waals surface area contributed by atoms with Crippen molar-refractivity contribution in [1.29, 1.82) is 0 Å². The van der Waals surface area contributed by atoms with Crippen molar-refractivity contribution in [3.05, 3.63) is 39.4 Å². The van der Waals surface area contributed by atoms with Gasteiger partial charge in [-0.3, -0.25) is 10.1 Å². The van der Waals surface area contributed by atoms with E-state index in [2.05, 4.69) is 6.92 Å². The smallest absolute Gasteiger partial charge is 0.345 e. The molecule has 20 heavy (non-hydrogen) atoms. The van der Waals surface area contributed by atoms with Crippen LogP contribution >= 0.6 is 0 Å². The second-order valence-corrected chi connectivity index (χ2v) is 5.71. The minimum Gasteiger partial charge on any atom is -0.456 e. The Balaban J connectivity index is 3.07. The highest BCUT2D eigenvalue weighted by Crippen LogP contribution is 2.24. The number of carbonyl (C=O) groups is 1. The van der Waals surface area contributed by atoms with Gasteiger partial charge in [-0.2, -0.15) is 0 Å². The minimum absolute atomic E-state index is 0.00479. The second kappa shape index (κ2) is 6.50. The standard InChI is InChI=1S/C15H21NO4/c1-5-6-7-11-8-9-12(13(10-11)16(18)19)14(17)20-15(2,3)4/h8-10H,5-7H2,1-4H3. The molecule has 0 atom stereocenters. The minimum atomic E-state index is -0.675. The summed E-state index contributed by atoms with van der Waals surface area (Å²) >= 11 is 0. The molecule has 1 aromatic rings. The Morgan fingerprint density at radius 2 is 2.00 bits per heavy atom. The number of unbranched alkanes of at least 4 members (excludes halogenated alkanes) is 1. The molecule has 0 saturated carbocycles. The number of hydrogen-bond donors (Lipinski definition) is 0. The van der Waals surface area contributed by atoms with E-state index in [1.54, 1.807) is 26.8 Å². The first-order valence-corrected chi connectivity index (χ1v) is 6.75. The number of benzene rings is 1. The molecule has 0 aliphatic carbocycles. The number of nitrogens with zero attached hydrogens (tertiary/aromatic N) is 1. The van der Waals surface area contributed by atoms with Crippen molar-refractivity contribution in [2.45, 2.75) is 52.6 Å². The summed E-state index contributed by atoms with van der Waals surface area (Å²) in [4.78, 5) is 22.6. The molecule has 0 radical (unpaired) electrons. The zero-order chi connectivity index (χ0) is 15.3. The van der Waals surface area contributed by atoms with Gasteiger partial charge < -0.3 is 4.74 Å². The second-order valence-electron chi connectivity index (χ2n) is 5.71. The van der Waals surface area contributed by atoms with Crippen LogP contribution in [0.4, 0.5) is 5.69 Å². The molecule has 1 rings (SSSR count). The predicted molar refractivity (Wildman–Crippen MR) is 76.9 cm³/mol. The fourth-order valence-electron chi connectivity index (χ4n) is 1.77. The number of aryl methyl sites for hydroxylation is 1. The van der Waals surface area contributed by atoms with E-state index in [0.717, 1.165) is 24.8 Å². The van der Waals surface area contributed by atoms with Gasteiger partial charge in [-0.05, 0) is 45.2 Å². The molecule has 1 aromatic carbocycles. The number of nitro groups is 1. The maximum absolute atomic E-state index is 12.0. The van der Waals surface area contributed by atoms with Crippen LogP contribution in [0.25, 0.3) is 0 Å². The van der Waals surface area contributed by atoms with Crippen LogP contribution < -0.4 is 0 Å². The number of esters is 1. The molecule has 0 aromatic heterocycles. The average molecular weight is 279 g/mol. The summed E-state index contributed by atoms with van der Waals surface area (Å²) in [6.45, 7) is 7.24. The molecular formula is C15H21NO4.